The molecule has 1 unspecified atom stereocenters. The van der Waals surface area contributed by atoms with Gasteiger partial charge in [0.2, 0.25) is 5.91 Å². The molecule has 1 saturated carbocycles. The second kappa shape index (κ2) is 8.32. The fourth-order valence-corrected chi connectivity index (χ4v) is 4.75. The smallest absolute Gasteiger partial charge is 0.224 e. The maximum absolute atomic E-state index is 12.4. The highest BCUT2D eigenvalue weighted by atomic mass is 16.2. The first-order valence-electron chi connectivity index (χ1n) is 10.9. The van der Waals surface area contributed by atoms with Gasteiger partial charge in [-0.05, 0) is 83.1 Å². The monoisotopic (exact) mass is 369 g/mol. The zero-order chi connectivity index (χ0) is 18.8. The Morgan fingerprint density at radius 3 is 2.59 bits per heavy atom. The topological polar surface area (TPSA) is 35.6 Å². The van der Waals surface area contributed by atoms with E-state index in [1.54, 1.807) is 0 Å². The van der Waals surface area contributed by atoms with Crippen LogP contribution < -0.4 is 5.32 Å². The second-order valence-corrected chi connectivity index (χ2v) is 9.05. The lowest BCUT2D eigenvalue weighted by molar-refractivity contribution is -0.127. The van der Waals surface area contributed by atoms with Crippen LogP contribution in [0.1, 0.15) is 55.2 Å². The number of hydrogen-bond donors (Lipinski definition) is 1. The van der Waals surface area contributed by atoms with E-state index < -0.39 is 0 Å². The van der Waals surface area contributed by atoms with E-state index in [0.717, 1.165) is 19.5 Å². The summed E-state index contributed by atoms with van der Waals surface area (Å²) < 4.78 is 0. The second-order valence-electron chi connectivity index (χ2n) is 9.05. The summed E-state index contributed by atoms with van der Waals surface area (Å²) in [6.45, 7) is 9.98. The molecule has 1 amide bonds. The standard InChI is InChI=1S/C23H35N3O/c1-17-5-6-18(2)20(14-17)15-25-12-9-22(10-13-25)26-11-3-4-19(16-26)23(27)24-21-7-8-21/h5-6,14,19,21-22H,3-4,7-13,15-16H2,1-2H3,(H,24,27). The van der Waals surface area contributed by atoms with Gasteiger partial charge in [-0.1, -0.05) is 23.8 Å². The van der Waals surface area contributed by atoms with Gasteiger partial charge >= 0.3 is 0 Å². The molecule has 2 saturated heterocycles. The van der Waals surface area contributed by atoms with Crippen LogP contribution in [0.4, 0.5) is 0 Å². The molecule has 1 aliphatic carbocycles. The number of piperidine rings is 2. The van der Waals surface area contributed by atoms with Gasteiger partial charge in [-0.2, -0.15) is 0 Å². The number of amides is 1. The number of rotatable bonds is 5. The Hall–Kier alpha value is -1.39. The van der Waals surface area contributed by atoms with Crippen LogP contribution >= 0.6 is 0 Å². The first-order valence-corrected chi connectivity index (χ1v) is 10.9. The third kappa shape index (κ3) is 4.91. The van der Waals surface area contributed by atoms with Crippen molar-refractivity contribution in [3.63, 3.8) is 0 Å². The minimum atomic E-state index is 0.215. The fourth-order valence-electron chi connectivity index (χ4n) is 4.75. The van der Waals surface area contributed by atoms with Crippen molar-refractivity contribution in [2.24, 2.45) is 5.92 Å². The maximum Gasteiger partial charge on any atom is 0.224 e. The quantitative estimate of drug-likeness (QED) is 0.865. The molecule has 0 aromatic heterocycles. The van der Waals surface area contributed by atoms with Crippen molar-refractivity contribution in [1.29, 1.82) is 0 Å². The van der Waals surface area contributed by atoms with E-state index in [2.05, 4.69) is 47.2 Å². The first kappa shape index (κ1) is 18.9. The van der Waals surface area contributed by atoms with Crippen molar-refractivity contribution in [2.75, 3.05) is 26.2 Å². The Balaban J connectivity index is 1.27. The first-order chi connectivity index (χ1) is 13.1. The number of nitrogens with one attached hydrogen (secondary N) is 1. The lowest BCUT2D eigenvalue weighted by Crippen LogP contribution is -2.50. The van der Waals surface area contributed by atoms with E-state index in [4.69, 9.17) is 0 Å². The van der Waals surface area contributed by atoms with Crippen LogP contribution in [-0.2, 0) is 11.3 Å². The Labute approximate surface area is 164 Å². The van der Waals surface area contributed by atoms with Gasteiger partial charge in [0.05, 0.1) is 5.92 Å². The lowest BCUT2D eigenvalue weighted by atomic mass is 9.93. The fraction of sp³-hybridized carbons (Fsp3) is 0.696. The molecule has 4 nitrogen and oxygen atoms in total. The third-order valence-corrected chi connectivity index (χ3v) is 6.72. The number of nitrogens with zero attached hydrogens (tertiary/aromatic N) is 2. The van der Waals surface area contributed by atoms with E-state index in [1.807, 2.05) is 0 Å². The predicted molar refractivity (Wildman–Crippen MR) is 110 cm³/mol. The van der Waals surface area contributed by atoms with Crippen LogP contribution in [-0.4, -0.2) is 54.0 Å². The predicted octanol–water partition coefficient (Wildman–Crippen LogP) is 3.26. The van der Waals surface area contributed by atoms with Gasteiger partial charge < -0.3 is 5.32 Å². The average Bonchev–Trinajstić information content (AvgIpc) is 3.49. The van der Waals surface area contributed by atoms with Crippen molar-refractivity contribution in [3.05, 3.63) is 34.9 Å². The van der Waals surface area contributed by atoms with Crippen LogP contribution in [0, 0.1) is 19.8 Å². The van der Waals surface area contributed by atoms with Gasteiger partial charge in [0.1, 0.15) is 0 Å². The summed E-state index contributed by atoms with van der Waals surface area (Å²) in [7, 11) is 0. The van der Waals surface area contributed by atoms with Gasteiger partial charge in [0.25, 0.3) is 0 Å². The molecule has 0 spiro atoms. The van der Waals surface area contributed by atoms with Gasteiger partial charge in [-0.3, -0.25) is 14.6 Å². The van der Waals surface area contributed by atoms with Gasteiger partial charge in [0.15, 0.2) is 0 Å². The molecule has 3 aliphatic rings. The van der Waals surface area contributed by atoms with Gasteiger partial charge in [0, 0.05) is 25.2 Å². The summed E-state index contributed by atoms with van der Waals surface area (Å²) in [6, 6.07) is 7.95. The molecule has 2 heterocycles. The van der Waals surface area contributed by atoms with Crippen molar-refractivity contribution < 1.29 is 4.79 Å². The SMILES string of the molecule is Cc1ccc(C)c(CN2CCC(N3CCCC(C(=O)NC4CC4)C3)CC2)c1. The highest BCUT2D eigenvalue weighted by Gasteiger charge is 2.33. The molecule has 0 bridgehead atoms. The molecule has 3 fully saturated rings. The molecule has 1 aromatic carbocycles. The van der Waals surface area contributed by atoms with Crippen LogP contribution in [0.3, 0.4) is 0 Å². The van der Waals surface area contributed by atoms with Crippen molar-refractivity contribution in [1.82, 2.24) is 15.1 Å². The highest BCUT2D eigenvalue weighted by Crippen LogP contribution is 2.26. The number of hydrogen-bond acceptors (Lipinski definition) is 3. The molecule has 0 radical (unpaired) electrons. The molecule has 1 N–H and O–H groups in total. The average molecular weight is 370 g/mol. The molecular weight excluding hydrogens is 334 g/mol. The van der Waals surface area contributed by atoms with Crippen molar-refractivity contribution in [2.45, 2.75) is 71.0 Å². The Bertz CT molecular complexity index is 662. The van der Waals surface area contributed by atoms with E-state index in [-0.39, 0.29) is 5.92 Å². The Morgan fingerprint density at radius 1 is 1.07 bits per heavy atom. The molecule has 4 rings (SSSR count). The highest BCUT2D eigenvalue weighted by molar-refractivity contribution is 5.79. The van der Waals surface area contributed by atoms with E-state index >= 15 is 0 Å². The van der Waals surface area contributed by atoms with Gasteiger partial charge in [-0.15, -0.1) is 0 Å². The number of carbonyl (C=O) groups excluding carboxylic acids is 1. The third-order valence-electron chi connectivity index (χ3n) is 6.72. The summed E-state index contributed by atoms with van der Waals surface area (Å²) in [6.07, 6.45) is 7.08. The molecule has 4 heteroatoms. The number of carbonyl (C=O) groups is 1. The summed E-state index contributed by atoms with van der Waals surface area (Å²) in [5.74, 6) is 0.530. The number of aryl methyl sites for hydroxylation is 2. The Morgan fingerprint density at radius 2 is 1.85 bits per heavy atom. The number of likely N-dealkylation sites (tertiary alicyclic amines) is 2. The molecule has 27 heavy (non-hydrogen) atoms. The minimum Gasteiger partial charge on any atom is -0.353 e. The zero-order valence-corrected chi connectivity index (χ0v) is 17.0. The van der Waals surface area contributed by atoms with Crippen LogP contribution in [0.5, 0.6) is 0 Å². The summed E-state index contributed by atoms with van der Waals surface area (Å²) in [4.78, 5) is 17.7. The normalized spacial score (nSPS) is 25.5. The zero-order valence-electron chi connectivity index (χ0n) is 17.0. The number of benzene rings is 1. The summed E-state index contributed by atoms with van der Waals surface area (Å²) in [5.41, 5.74) is 4.24. The molecular formula is C23H35N3O. The van der Waals surface area contributed by atoms with E-state index in [0.29, 0.717) is 18.0 Å². The lowest BCUT2D eigenvalue weighted by Gasteiger charge is -2.42. The Kier molecular flexibility index (Phi) is 5.84. The summed E-state index contributed by atoms with van der Waals surface area (Å²) >= 11 is 0. The van der Waals surface area contributed by atoms with Gasteiger partial charge in [-0.25, -0.2) is 0 Å². The molecule has 1 atom stereocenters. The van der Waals surface area contributed by atoms with Crippen molar-refractivity contribution in [3.8, 4) is 0 Å². The maximum atomic E-state index is 12.4. The summed E-state index contributed by atoms with van der Waals surface area (Å²) in [5, 5.41) is 3.22. The molecule has 2 aliphatic heterocycles. The minimum absolute atomic E-state index is 0.215. The van der Waals surface area contributed by atoms with Crippen LogP contribution in [0.2, 0.25) is 0 Å². The van der Waals surface area contributed by atoms with Crippen LogP contribution in [0.25, 0.3) is 0 Å². The molecule has 148 valence electrons. The van der Waals surface area contributed by atoms with Crippen molar-refractivity contribution >= 4 is 5.91 Å². The van der Waals surface area contributed by atoms with E-state index in [9.17, 15) is 4.79 Å². The van der Waals surface area contributed by atoms with E-state index in [1.165, 1.54) is 68.4 Å². The molecule has 1 aromatic rings. The largest absolute Gasteiger partial charge is 0.353 e. The van der Waals surface area contributed by atoms with Crippen LogP contribution in [0.15, 0.2) is 18.2 Å².